The predicted octanol–water partition coefficient (Wildman–Crippen LogP) is 2.86. The Kier molecular flexibility index (Phi) is 7.52. The maximum atomic E-state index is 12.9. The molecular weight excluding hydrogens is 387 g/mol. The van der Waals surface area contributed by atoms with Gasteiger partial charge < -0.3 is 15.5 Å². The Morgan fingerprint density at radius 1 is 1.04 bits per heavy atom. The third-order valence-electron chi connectivity index (χ3n) is 3.59. The molecule has 146 valence electrons. The lowest BCUT2D eigenvalue weighted by Crippen LogP contribution is -2.30. The van der Waals surface area contributed by atoms with Gasteiger partial charge in [0.15, 0.2) is 5.11 Å². The number of hydrogen-bond acceptors (Lipinski definition) is 4. The smallest absolute Gasteiger partial charge is 0.261 e. The Hall–Kier alpha value is -2.23. The van der Waals surface area contributed by atoms with E-state index < -0.39 is 15.8 Å². The van der Waals surface area contributed by atoms with Gasteiger partial charge in [-0.1, -0.05) is 0 Å². The van der Waals surface area contributed by atoms with Crippen LogP contribution in [0.2, 0.25) is 0 Å². The highest BCUT2D eigenvalue weighted by Gasteiger charge is 2.14. The molecule has 3 N–H and O–H groups in total. The lowest BCUT2D eigenvalue weighted by Gasteiger charge is -2.13. The highest BCUT2D eigenvalue weighted by molar-refractivity contribution is 7.92. The van der Waals surface area contributed by atoms with Crippen LogP contribution in [0.3, 0.4) is 0 Å². The van der Waals surface area contributed by atoms with E-state index in [0.717, 1.165) is 37.3 Å². The minimum Gasteiger partial charge on any atom is -0.362 e. The molecule has 0 amide bonds. The van der Waals surface area contributed by atoms with Crippen LogP contribution in [0.1, 0.15) is 6.42 Å². The van der Waals surface area contributed by atoms with Crippen molar-refractivity contribution >= 4 is 38.7 Å². The fourth-order valence-corrected chi connectivity index (χ4v) is 3.50. The largest absolute Gasteiger partial charge is 0.362 e. The summed E-state index contributed by atoms with van der Waals surface area (Å²) in [5, 5.41) is 6.67. The van der Waals surface area contributed by atoms with Crippen molar-refractivity contribution in [2.75, 3.05) is 37.2 Å². The maximum Gasteiger partial charge on any atom is 0.261 e. The topological polar surface area (TPSA) is 73.5 Å². The van der Waals surface area contributed by atoms with Crippen molar-refractivity contribution in [3.05, 3.63) is 54.3 Å². The quantitative estimate of drug-likeness (QED) is 0.459. The number of thiocarbonyl (C=S) groups is 1. The van der Waals surface area contributed by atoms with Crippen molar-refractivity contribution in [2.45, 2.75) is 11.3 Å². The van der Waals surface area contributed by atoms with Crippen LogP contribution in [-0.2, 0) is 10.0 Å². The number of hydrogen-bond donors (Lipinski definition) is 3. The van der Waals surface area contributed by atoms with Crippen LogP contribution >= 0.6 is 12.2 Å². The molecule has 0 saturated carbocycles. The normalized spacial score (nSPS) is 11.3. The summed E-state index contributed by atoms with van der Waals surface area (Å²) in [6.07, 6.45) is 0.971. The van der Waals surface area contributed by atoms with E-state index in [2.05, 4.69) is 20.3 Å². The first-order valence-electron chi connectivity index (χ1n) is 8.34. The van der Waals surface area contributed by atoms with Crippen LogP contribution in [-0.4, -0.2) is 45.6 Å². The summed E-state index contributed by atoms with van der Waals surface area (Å²) in [6.45, 7) is 1.73. The third-order valence-corrected chi connectivity index (χ3v) is 5.23. The van der Waals surface area contributed by atoms with Gasteiger partial charge in [-0.15, -0.1) is 0 Å². The zero-order valence-corrected chi connectivity index (χ0v) is 16.8. The van der Waals surface area contributed by atoms with Gasteiger partial charge in [0, 0.05) is 17.9 Å². The van der Waals surface area contributed by atoms with Crippen LogP contribution in [0.4, 0.5) is 15.8 Å². The Morgan fingerprint density at radius 3 is 2.22 bits per heavy atom. The molecule has 0 unspecified atom stereocenters. The number of nitrogens with one attached hydrogen (secondary N) is 3. The fraction of sp³-hybridized carbons (Fsp3) is 0.278. The lowest BCUT2D eigenvalue weighted by molar-refractivity contribution is 0.400. The highest BCUT2D eigenvalue weighted by atomic mass is 32.2. The van der Waals surface area contributed by atoms with E-state index in [-0.39, 0.29) is 4.90 Å². The molecule has 0 aliphatic carbocycles. The second kappa shape index (κ2) is 9.63. The van der Waals surface area contributed by atoms with E-state index in [1.54, 1.807) is 24.3 Å². The summed E-state index contributed by atoms with van der Waals surface area (Å²) < 4.78 is 40.0. The van der Waals surface area contributed by atoms with Gasteiger partial charge in [-0.25, -0.2) is 12.8 Å². The van der Waals surface area contributed by atoms with Gasteiger partial charge in [0.1, 0.15) is 5.82 Å². The number of halogens is 1. The molecule has 0 atom stereocenters. The van der Waals surface area contributed by atoms with Gasteiger partial charge in [0.05, 0.1) is 4.90 Å². The van der Waals surface area contributed by atoms with E-state index in [9.17, 15) is 12.8 Å². The van der Waals surface area contributed by atoms with Crippen molar-refractivity contribution in [2.24, 2.45) is 0 Å². The fourth-order valence-electron chi connectivity index (χ4n) is 2.22. The van der Waals surface area contributed by atoms with Crippen molar-refractivity contribution in [3.63, 3.8) is 0 Å². The Morgan fingerprint density at radius 2 is 1.63 bits per heavy atom. The van der Waals surface area contributed by atoms with Crippen molar-refractivity contribution in [1.29, 1.82) is 0 Å². The molecule has 2 aromatic rings. The minimum absolute atomic E-state index is 0.00537. The molecule has 0 aliphatic heterocycles. The number of sulfonamides is 1. The zero-order chi connectivity index (χ0) is 19.9. The summed E-state index contributed by atoms with van der Waals surface area (Å²) in [6, 6.07) is 11.3. The van der Waals surface area contributed by atoms with Gasteiger partial charge >= 0.3 is 0 Å². The van der Waals surface area contributed by atoms with Crippen molar-refractivity contribution in [3.8, 4) is 0 Å². The second-order valence-electron chi connectivity index (χ2n) is 6.17. The number of anilines is 2. The second-order valence-corrected chi connectivity index (χ2v) is 8.27. The molecule has 0 saturated heterocycles. The summed E-state index contributed by atoms with van der Waals surface area (Å²) in [5.41, 5.74) is 1.14. The SMILES string of the molecule is CN(C)CCCNC(=S)Nc1ccc(NS(=O)(=O)c2ccc(F)cc2)cc1. The Labute approximate surface area is 164 Å². The van der Waals surface area contributed by atoms with E-state index in [0.29, 0.717) is 10.8 Å². The van der Waals surface area contributed by atoms with Crippen LogP contribution in [0.5, 0.6) is 0 Å². The van der Waals surface area contributed by atoms with Gasteiger partial charge in [-0.2, -0.15) is 0 Å². The molecule has 2 aromatic carbocycles. The monoisotopic (exact) mass is 410 g/mol. The van der Waals surface area contributed by atoms with Crippen LogP contribution in [0.15, 0.2) is 53.4 Å². The summed E-state index contributed by atoms with van der Waals surface area (Å²) in [5.74, 6) is -0.490. The zero-order valence-electron chi connectivity index (χ0n) is 15.2. The molecule has 9 heteroatoms. The first-order valence-corrected chi connectivity index (χ1v) is 10.2. The van der Waals surface area contributed by atoms with E-state index in [1.165, 1.54) is 12.1 Å². The molecule has 0 spiro atoms. The lowest BCUT2D eigenvalue weighted by atomic mass is 10.3. The van der Waals surface area contributed by atoms with E-state index >= 15 is 0 Å². The first-order chi connectivity index (χ1) is 12.8. The molecule has 2 rings (SSSR count). The van der Waals surface area contributed by atoms with Gasteiger partial charge in [0.25, 0.3) is 10.0 Å². The number of rotatable bonds is 8. The van der Waals surface area contributed by atoms with E-state index in [4.69, 9.17) is 12.2 Å². The molecule has 0 heterocycles. The summed E-state index contributed by atoms with van der Waals surface area (Å²) in [4.78, 5) is 2.10. The maximum absolute atomic E-state index is 12.9. The summed E-state index contributed by atoms with van der Waals surface area (Å²) >= 11 is 5.23. The molecule has 0 fully saturated rings. The van der Waals surface area contributed by atoms with Gasteiger partial charge in [0.2, 0.25) is 0 Å². The third kappa shape index (κ3) is 7.12. The Bertz CT molecular complexity index is 854. The molecule has 27 heavy (non-hydrogen) atoms. The molecule has 0 bridgehead atoms. The van der Waals surface area contributed by atoms with Crippen LogP contribution in [0.25, 0.3) is 0 Å². The van der Waals surface area contributed by atoms with Gasteiger partial charge in [-0.05, 0) is 87.8 Å². The first kappa shape index (κ1) is 21.1. The van der Waals surface area contributed by atoms with Crippen LogP contribution in [0, 0.1) is 5.82 Å². The average molecular weight is 411 g/mol. The Balaban J connectivity index is 1.89. The van der Waals surface area contributed by atoms with Crippen molar-refractivity contribution < 1.29 is 12.8 Å². The summed E-state index contributed by atoms with van der Waals surface area (Å²) in [7, 11) is 0.265. The molecular formula is C18H23FN4O2S2. The standard InChI is InChI=1S/C18H23FN4O2S2/c1-23(2)13-3-12-20-18(26)21-15-6-8-16(9-7-15)22-27(24,25)17-10-4-14(19)5-11-17/h4-11,22H,3,12-13H2,1-2H3,(H2,20,21,26). The number of benzene rings is 2. The molecule has 6 nitrogen and oxygen atoms in total. The predicted molar refractivity (Wildman–Crippen MR) is 111 cm³/mol. The van der Waals surface area contributed by atoms with E-state index in [1.807, 2.05) is 14.1 Å². The van der Waals surface area contributed by atoms with Crippen LogP contribution < -0.4 is 15.4 Å². The van der Waals surface area contributed by atoms with Gasteiger partial charge in [-0.3, -0.25) is 4.72 Å². The average Bonchev–Trinajstić information content (AvgIpc) is 2.60. The number of nitrogens with zero attached hydrogens (tertiary/aromatic N) is 1. The van der Waals surface area contributed by atoms with Crippen molar-refractivity contribution in [1.82, 2.24) is 10.2 Å². The molecule has 0 aromatic heterocycles. The minimum atomic E-state index is -3.77. The highest BCUT2D eigenvalue weighted by Crippen LogP contribution is 2.18. The molecule has 0 radical (unpaired) electrons. The molecule has 0 aliphatic rings.